The monoisotopic (exact) mass is 689 g/mol. The molecule has 0 aliphatic rings. The Morgan fingerprint density at radius 3 is 2.00 bits per heavy atom. The average Bonchev–Trinajstić information content (AvgIpc) is 3.02. The van der Waals surface area contributed by atoms with Crippen LogP contribution >= 0.6 is 0 Å². The number of carboxylic acid groups (broad SMARTS) is 2. The normalized spacial score (nSPS) is 14.4. The van der Waals surface area contributed by atoms with Crippen LogP contribution in [0.25, 0.3) is 0 Å². The van der Waals surface area contributed by atoms with Crippen molar-refractivity contribution in [3.05, 3.63) is 35.9 Å². The molecule has 10 N–H and O–H groups in total. The third kappa shape index (κ3) is 16.7. The number of amides is 4. The van der Waals surface area contributed by atoms with Gasteiger partial charge in [-0.25, -0.2) is 0 Å². The van der Waals surface area contributed by atoms with Gasteiger partial charge in [0.15, 0.2) is 11.7 Å². The maximum absolute atomic E-state index is 13.4. The van der Waals surface area contributed by atoms with Crippen LogP contribution in [0.5, 0.6) is 0 Å². The summed E-state index contributed by atoms with van der Waals surface area (Å²) in [6.45, 7) is 6.62. The van der Waals surface area contributed by atoms with Gasteiger partial charge in [0, 0.05) is 19.9 Å². The quantitative estimate of drug-likeness (QED) is 0.0463. The summed E-state index contributed by atoms with van der Waals surface area (Å²) in [4.78, 5) is 91.5. The second kappa shape index (κ2) is 21.9. The first-order valence-electron chi connectivity index (χ1n) is 16.3. The van der Waals surface area contributed by atoms with E-state index in [1.54, 1.807) is 44.2 Å². The summed E-state index contributed by atoms with van der Waals surface area (Å²) in [5, 5.41) is 29.1. The molecule has 0 fully saturated rings. The van der Waals surface area contributed by atoms with Crippen LogP contribution in [0, 0.1) is 11.8 Å². The minimum Gasteiger partial charge on any atom is -0.481 e. The Morgan fingerprint density at radius 1 is 0.837 bits per heavy atom. The van der Waals surface area contributed by atoms with Gasteiger partial charge in [-0.3, -0.25) is 43.9 Å². The molecule has 0 saturated heterocycles. The molecule has 0 bridgehead atoms. The molecule has 4 amide bonds. The molecule has 272 valence electrons. The molecule has 16 heteroatoms. The van der Waals surface area contributed by atoms with Gasteiger partial charge in [-0.05, 0) is 37.2 Å². The number of aliphatic carboxylic acids is 2. The van der Waals surface area contributed by atoms with Crippen molar-refractivity contribution in [1.29, 1.82) is 0 Å². The first kappa shape index (κ1) is 42.2. The summed E-state index contributed by atoms with van der Waals surface area (Å²) in [6, 6.07) is 3.83. The summed E-state index contributed by atoms with van der Waals surface area (Å²) in [5.41, 5.74) is 12.3. The summed E-state index contributed by atoms with van der Waals surface area (Å²) < 4.78 is 0. The number of nitrogens with one attached hydrogen (secondary N) is 4. The van der Waals surface area contributed by atoms with E-state index >= 15 is 0 Å². The minimum atomic E-state index is -1.61. The second-order valence-electron chi connectivity index (χ2n) is 12.2. The first-order chi connectivity index (χ1) is 23.0. The molecular formula is C33H51N7O9. The van der Waals surface area contributed by atoms with Crippen molar-refractivity contribution < 1.29 is 43.8 Å². The van der Waals surface area contributed by atoms with Crippen LogP contribution in [0.2, 0.25) is 0 Å². The van der Waals surface area contributed by atoms with Crippen LogP contribution in [0.1, 0.15) is 78.2 Å². The molecule has 0 aliphatic carbocycles. The third-order valence-corrected chi connectivity index (χ3v) is 7.52. The van der Waals surface area contributed by atoms with Crippen LogP contribution in [0.15, 0.2) is 35.3 Å². The zero-order chi connectivity index (χ0) is 37.1. The lowest BCUT2D eigenvalue weighted by atomic mass is 9.89. The van der Waals surface area contributed by atoms with Gasteiger partial charge in [0.1, 0.15) is 12.1 Å². The maximum Gasteiger partial charge on any atom is 0.307 e. The molecule has 0 aliphatic heterocycles. The molecule has 0 heterocycles. The number of benzene rings is 1. The largest absolute Gasteiger partial charge is 0.481 e. The van der Waals surface area contributed by atoms with E-state index in [-0.39, 0.29) is 44.1 Å². The van der Waals surface area contributed by atoms with Crippen molar-refractivity contribution >= 4 is 47.3 Å². The number of rotatable bonds is 22. The van der Waals surface area contributed by atoms with Crippen LogP contribution in [0.4, 0.5) is 0 Å². The van der Waals surface area contributed by atoms with Crippen molar-refractivity contribution in [1.82, 2.24) is 21.3 Å². The number of unbranched alkanes of at least 4 members (excludes halogenated alkanes) is 1. The molecule has 0 spiro atoms. The Balaban J connectivity index is 3.00. The van der Waals surface area contributed by atoms with Gasteiger partial charge >= 0.3 is 11.9 Å². The fraction of sp³-hybridized carbons (Fsp3) is 0.576. The molecule has 49 heavy (non-hydrogen) atoms. The third-order valence-electron chi connectivity index (χ3n) is 7.52. The number of hydrogen-bond acceptors (Lipinski definition) is 9. The van der Waals surface area contributed by atoms with E-state index in [9.17, 15) is 43.8 Å². The fourth-order valence-electron chi connectivity index (χ4n) is 4.86. The Hall–Kier alpha value is -4.86. The average molecular weight is 690 g/mol. The molecule has 1 aromatic carbocycles. The molecule has 0 radical (unpaired) electrons. The molecule has 1 aromatic rings. The number of guanidine groups is 1. The number of nitrogens with two attached hydrogens (primary N) is 2. The van der Waals surface area contributed by atoms with Crippen molar-refractivity contribution in [2.45, 2.75) is 103 Å². The highest BCUT2D eigenvalue weighted by Crippen LogP contribution is 2.17. The van der Waals surface area contributed by atoms with Gasteiger partial charge in [0.25, 0.3) is 0 Å². The lowest BCUT2D eigenvalue weighted by molar-refractivity contribution is -0.144. The molecule has 1 rings (SSSR count). The lowest BCUT2D eigenvalue weighted by Gasteiger charge is -2.27. The van der Waals surface area contributed by atoms with E-state index in [2.05, 4.69) is 26.3 Å². The zero-order valence-electron chi connectivity index (χ0n) is 28.6. The topological polar surface area (TPSA) is 272 Å². The van der Waals surface area contributed by atoms with E-state index in [0.29, 0.717) is 19.3 Å². The Morgan fingerprint density at radius 2 is 1.45 bits per heavy atom. The van der Waals surface area contributed by atoms with E-state index in [0.717, 1.165) is 5.56 Å². The number of ketones is 1. The highest BCUT2D eigenvalue weighted by atomic mass is 16.4. The van der Waals surface area contributed by atoms with Crippen molar-refractivity contribution in [2.24, 2.45) is 28.3 Å². The highest BCUT2D eigenvalue weighted by molar-refractivity contribution is 5.97. The fourth-order valence-corrected chi connectivity index (χ4v) is 4.86. The SMILES string of the molecule is CCCC[C@H](NC(=O)[C@@H](N)CCCN=C(N)NC(C)=O)C(=O)N[C@@H](CC(=O)O)C(=O)N[C@H](C(=O)C[C@H](Cc1ccccc1)C(=O)O)C(C)C. The Kier molecular flexibility index (Phi) is 18.8. The van der Waals surface area contributed by atoms with Crippen LogP contribution < -0.4 is 32.7 Å². The Labute approximate surface area is 286 Å². The van der Waals surface area contributed by atoms with Gasteiger partial charge < -0.3 is 37.6 Å². The van der Waals surface area contributed by atoms with E-state index < -0.39 is 77.9 Å². The number of Topliss-reactive ketones (excluding diaryl/α,β-unsaturated/α-hetero) is 1. The summed E-state index contributed by atoms with van der Waals surface area (Å²) in [7, 11) is 0. The van der Waals surface area contributed by atoms with Gasteiger partial charge in [0.05, 0.1) is 24.4 Å². The molecule has 0 unspecified atom stereocenters. The van der Waals surface area contributed by atoms with E-state index in [1.807, 2.05) is 6.92 Å². The molecular weight excluding hydrogens is 638 g/mol. The van der Waals surface area contributed by atoms with Gasteiger partial charge in [-0.15, -0.1) is 0 Å². The van der Waals surface area contributed by atoms with Gasteiger partial charge in [-0.2, -0.15) is 0 Å². The number of carbonyl (C=O) groups excluding carboxylic acids is 5. The maximum atomic E-state index is 13.4. The second-order valence-corrected chi connectivity index (χ2v) is 12.2. The number of nitrogens with zero attached hydrogens (tertiary/aromatic N) is 1. The molecule has 0 aromatic heterocycles. The Bertz CT molecular complexity index is 1320. The van der Waals surface area contributed by atoms with Crippen LogP contribution in [0.3, 0.4) is 0 Å². The number of hydrogen-bond donors (Lipinski definition) is 8. The van der Waals surface area contributed by atoms with Gasteiger partial charge in [0.2, 0.25) is 23.6 Å². The van der Waals surface area contributed by atoms with E-state index in [4.69, 9.17) is 11.5 Å². The minimum absolute atomic E-state index is 0.0710. The zero-order valence-corrected chi connectivity index (χ0v) is 28.6. The number of aliphatic imine (C=N–C) groups is 1. The lowest BCUT2D eigenvalue weighted by Crippen LogP contribution is -2.58. The molecule has 16 nitrogen and oxygen atoms in total. The molecule has 5 atom stereocenters. The molecule has 0 saturated carbocycles. The van der Waals surface area contributed by atoms with Gasteiger partial charge in [-0.1, -0.05) is 63.9 Å². The predicted molar refractivity (Wildman–Crippen MR) is 181 cm³/mol. The van der Waals surface area contributed by atoms with E-state index in [1.165, 1.54) is 6.92 Å². The van der Waals surface area contributed by atoms with Crippen molar-refractivity contribution in [3.63, 3.8) is 0 Å². The number of carboxylic acids is 2. The summed E-state index contributed by atoms with van der Waals surface area (Å²) in [5.74, 6) is -7.56. The summed E-state index contributed by atoms with van der Waals surface area (Å²) in [6.07, 6.45) is 0.752. The van der Waals surface area contributed by atoms with Crippen molar-refractivity contribution in [3.8, 4) is 0 Å². The number of carbonyl (C=O) groups is 7. The van der Waals surface area contributed by atoms with Crippen molar-refractivity contribution in [2.75, 3.05) is 6.54 Å². The van der Waals surface area contributed by atoms with Crippen LogP contribution in [-0.2, 0) is 40.0 Å². The predicted octanol–water partition coefficient (Wildman–Crippen LogP) is 0.223. The first-order valence-corrected chi connectivity index (χ1v) is 16.3. The standard InChI is InChI=1S/C33H51N7O9/c1-5-6-14-24(38-29(45)23(34)13-10-15-36-33(35)37-20(4)41)30(46)39-25(18-27(43)44)31(47)40-28(19(2)3)26(42)17-22(32(48)49)16-21-11-8-7-9-12-21/h7-9,11-12,19,22-25,28H,5-6,10,13-18,34H2,1-4H3,(H,38,45)(H,39,46)(H,40,47)(H,43,44)(H,48,49)(H3,35,36,37,41)/t22-,23-,24-,25-,28-/m0/s1. The smallest absolute Gasteiger partial charge is 0.307 e. The van der Waals surface area contributed by atoms with Crippen LogP contribution in [-0.4, -0.2) is 88.2 Å². The highest BCUT2D eigenvalue weighted by Gasteiger charge is 2.34. The summed E-state index contributed by atoms with van der Waals surface area (Å²) >= 11 is 0.